The molecule has 214 valence electrons. The Morgan fingerprint density at radius 1 is 1.18 bits per heavy atom. The molecule has 3 aromatic rings. The van der Waals surface area contributed by atoms with Crippen LogP contribution in [0.4, 0.5) is 22.0 Å². The van der Waals surface area contributed by atoms with E-state index in [1.807, 2.05) is 5.32 Å². The molecular formula is C25H26F5N7O3. The predicted molar refractivity (Wildman–Crippen MR) is 126 cm³/mol. The number of nitrogens with one attached hydrogen (secondary N) is 2. The van der Waals surface area contributed by atoms with Crippen molar-refractivity contribution in [2.75, 3.05) is 0 Å². The number of fused-ring (bicyclic) bond motifs is 1. The van der Waals surface area contributed by atoms with Crippen LogP contribution in [0.3, 0.4) is 0 Å². The highest BCUT2D eigenvalue weighted by molar-refractivity contribution is 5.93. The van der Waals surface area contributed by atoms with E-state index in [0.717, 1.165) is 12.8 Å². The zero-order valence-electron chi connectivity index (χ0n) is 21.1. The van der Waals surface area contributed by atoms with Gasteiger partial charge in [0.05, 0.1) is 23.6 Å². The second kappa shape index (κ2) is 9.77. The van der Waals surface area contributed by atoms with Gasteiger partial charge in [0.2, 0.25) is 11.8 Å². The van der Waals surface area contributed by atoms with Crippen LogP contribution in [0.2, 0.25) is 0 Å². The van der Waals surface area contributed by atoms with Crippen LogP contribution < -0.4 is 10.6 Å². The fourth-order valence-corrected chi connectivity index (χ4v) is 5.60. The van der Waals surface area contributed by atoms with Crippen molar-refractivity contribution >= 4 is 17.5 Å². The van der Waals surface area contributed by atoms with Crippen LogP contribution in [0.15, 0.2) is 23.0 Å². The summed E-state index contributed by atoms with van der Waals surface area (Å²) in [5, 5.41) is 16.9. The second-order valence-electron chi connectivity index (χ2n) is 10.9. The SMILES string of the molecule is O=C(NC(c1cn2nc(CC3C[C@@H](C(F)(F)F)NC3=O)ccc2n1)C1CCC(F)(F)CC1)c1nonc1C1CC1. The van der Waals surface area contributed by atoms with Crippen molar-refractivity contribution in [3.05, 3.63) is 41.1 Å². The lowest BCUT2D eigenvalue weighted by Gasteiger charge is -2.33. The lowest BCUT2D eigenvalue weighted by molar-refractivity contribution is -0.154. The number of nitrogens with zero attached hydrogens (tertiary/aromatic N) is 5. The van der Waals surface area contributed by atoms with E-state index in [-0.39, 0.29) is 56.1 Å². The van der Waals surface area contributed by atoms with E-state index in [9.17, 15) is 31.5 Å². The third-order valence-corrected chi connectivity index (χ3v) is 7.98. The number of hydrogen-bond acceptors (Lipinski definition) is 7. The van der Waals surface area contributed by atoms with E-state index in [1.54, 1.807) is 18.3 Å². The van der Waals surface area contributed by atoms with E-state index in [4.69, 9.17) is 4.63 Å². The first-order valence-corrected chi connectivity index (χ1v) is 13.2. The normalized spacial score (nSPS) is 24.3. The van der Waals surface area contributed by atoms with Gasteiger partial charge in [0, 0.05) is 31.1 Å². The van der Waals surface area contributed by atoms with Gasteiger partial charge >= 0.3 is 6.18 Å². The molecule has 3 atom stereocenters. The quantitative estimate of drug-likeness (QED) is 0.415. The summed E-state index contributed by atoms with van der Waals surface area (Å²) in [4.78, 5) is 29.9. The minimum Gasteiger partial charge on any atom is -0.344 e. The summed E-state index contributed by atoms with van der Waals surface area (Å²) >= 11 is 0. The van der Waals surface area contributed by atoms with Crippen LogP contribution >= 0.6 is 0 Å². The first-order chi connectivity index (χ1) is 19.0. The molecule has 3 aromatic heterocycles. The number of alkyl halides is 5. The van der Waals surface area contributed by atoms with Crippen LogP contribution in [0.25, 0.3) is 5.65 Å². The number of carbonyl (C=O) groups is 2. The summed E-state index contributed by atoms with van der Waals surface area (Å²) in [5.74, 6) is -5.10. The van der Waals surface area contributed by atoms with Gasteiger partial charge < -0.3 is 10.6 Å². The van der Waals surface area contributed by atoms with E-state index >= 15 is 0 Å². The molecule has 2 N–H and O–H groups in total. The molecule has 4 heterocycles. The molecular weight excluding hydrogens is 541 g/mol. The van der Waals surface area contributed by atoms with Crippen LogP contribution in [0, 0.1) is 11.8 Å². The van der Waals surface area contributed by atoms with Crippen molar-refractivity contribution in [1.29, 1.82) is 0 Å². The van der Waals surface area contributed by atoms with Crippen LogP contribution in [-0.2, 0) is 11.2 Å². The molecule has 0 bridgehead atoms. The standard InChI is InChI=1S/C25H26F5N7O3/c26-24(27)7-5-13(6-8-24)19(33-23(39)21-20(12-1-2-12)35-40-36-21)16-11-37-18(31-16)4-3-15(34-37)9-14-10-17(25(28,29)30)32-22(14)38/h3-4,11-14,17,19H,1-2,5-10H2,(H,32,38)(H,33,39)/t14?,17-,19?/m0/s1. The van der Waals surface area contributed by atoms with Gasteiger partial charge in [0.1, 0.15) is 11.7 Å². The van der Waals surface area contributed by atoms with Gasteiger partial charge in [-0.15, -0.1) is 0 Å². The van der Waals surface area contributed by atoms with Crippen molar-refractivity contribution in [2.45, 2.75) is 81.5 Å². The Balaban J connectivity index is 1.24. The zero-order chi connectivity index (χ0) is 28.2. The Hall–Kier alpha value is -3.65. The van der Waals surface area contributed by atoms with Crippen molar-refractivity contribution in [2.24, 2.45) is 11.8 Å². The molecule has 40 heavy (non-hydrogen) atoms. The summed E-state index contributed by atoms with van der Waals surface area (Å²) in [6.07, 6.45) is -1.91. The van der Waals surface area contributed by atoms with Crippen LogP contribution in [-0.4, -0.2) is 54.9 Å². The van der Waals surface area contributed by atoms with Gasteiger partial charge in [0.15, 0.2) is 11.3 Å². The highest BCUT2D eigenvalue weighted by Crippen LogP contribution is 2.42. The molecule has 1 saturated heterocycles. The van der Waals surface area contributed by atoms with E-state index in [1.165, 1.54) is 4.52 Å². The molecule has 1 aliphatic heterocycles. The topological polar surface area (TPSA) is 127 Å². The highest BCUT2D eigenvalue weighted by atomic mass is 19.4. The highest BCUT2D eigenvalue weighted by Gasteiger charge is 2.48. The molecule has 0 radical (unpaired) electrons. The second-order valence-corrected chi connectivity index (χ2v) is 10.9. The number of aromatic nitrogens is 5. The number of halogens is 5. The van der Waals surface area contributed by atoms with Gasteiger partial charge in [-0.05, 0) is 55.3 Å². The van der Waals surface area contributed by atoms with Gasteiger partial charge in [-0.3, -0.25) is 9.59 Å². The summed E-state index contributed by atoms with van der Waals surface area (Å²) in [7, 11) is 0. The monoisotopic (exact) mass is 567 g/mol. The van der Waals surface area contributed by atoms with E-state index < -0.39 is 41.9 Å². The molecule has 2 unspecified atom stereocenters. The predicted octanol–water partition coefficient (Wildman–Crippen LogP) is 3.90. The molecule has 0 aromatic carbocycles. The lowest BCUT2D eigenvalue weighted by atomic mass is 9.81. The van der Waals surface area contributed by atoms with Crippen molar-refractivity contribution in [3.8, 4) is 0 Å². The van der Waals surface area contributed by atoms with Crippen molar-refractivity contribution in [1.82, 2.24) is 35.5 Å². The molecule has 0 spiro atoms. The molecule has 3 fully saturated rings. The number of amides is 2. The summed E-state index contributed by atoms with van der Waals surface area (Å²) < 4.78 is 73.2. The Morgan fingerprint density at radius 3 is 2.60 bits per heavy atom. The Morgan fingerprint density at radius 2 is 1.93 bits per heavy atom. The molecule has 15 heteroatoms. The van der Waals surface area contributed by atoms with Gasteiger partial charge in [-0.2, -0.15) is 18.3 Å². The number of carbonyl (C=O) groups excluding carboxylic acids is 2. The molecule has 10 nitrogen and oxygen atoms in total. The Kier molecular flexibility index (Phi) is 6.49. The first kappa shape index (κ1) is 26.6. The molecule has 6 rings (SSSR count). The first-order valence-electron chi connectivity index (χ1n) is 13.2. The van der Waals surface area contributed by atoms with Crippen molar-refractivity contribution in [3.63, 3.8) is 0 Å². The van der Waals surface area contributed by atoms with Crippen LogP contribution in [0.5, 0.6) is 0 Å². The number of imidazole rings is 1. The molecule has 2 aliphatic carbocycles. The third-order valence-electron chi connectivity index (χ3n) is 7.98. The molecule has 2 amide bonds. The fraction of sp³-hybridized carbons (Fsp3) is 0.600. The largest absolute Gasteiger partial charge is 0.408 e. The minimum atomic E-state index is -4.52. The van der Waals surface area contributed by atoms with Gasteiger partial charge in [-0.1, -0.05) is 5.16 Å². The summed E-state index contributed by atoms with van der Waals surface area (Å²) in [6, 6.07) is 0.574. The Bertz CT molecular complexity index is 1420. The van der Waals surface area contributed by atoms with Crippen molar-refractivity contribution < 1.29 is 36.2 Å². The van der Waals surface area contributed by atoms with Gasteiger partial charge in [0.25, 0.3) is 5.91 Å². The fourth-order valence-electron chi connectivity index (χ4n) is 5.60. The third kappa shape index (κ3) is 5.37. The molecule has 3 aliphatic rings. The maximum Gasteiger partial charge on any atom is 0.408 e. The van der Waals surface area contributed by atoms with Crippen LogP contribution in [0.1, 0.15) is 84.5 Å². The number of rotatable bonds is 7. The summed E-state index contributed by atoms with van der Waals surface area (Å²) in [6.45, 7) is 0. The Labute approximate surface area is 224 Å². The average molecular weight is 568 g/mol. The number of hydrogen-bond donors (Lipinski definition) is 2. The maximum absolute atomic E-state index is 13.9. The minimum absolute atomic E-state index is 0.00282. The lowest BCUT2D eigenvalue weighted by Crippen LogP contribution is -2.38. The summed E-state index contributed by atoms with van der Waals surface area (Å²) in [5.41, 5.74) is 1.71. The average Bonchev–Trinajstić information content (AvgIpc) is 3.28. The van der Waals surface area contributed by atoms with E-state index in [2.05, 4.69) is 25.7 Å². The van der Waals surface area contributed by atoms with Gasteiger partial charge in [-0.25, -0.2) is 22.9 Å². The smallest absolute Gasteiger partial charge is 0.344 e. The molecule has 2 saturated carbocycles. The zero-order valence-corrected chi connectivity index (χ0v) is 21.1. The van der Waals surface area contributed by atoms with E-state index in [0.29, 0.717) is 22.7 Å². The maximum atomic E-state index is 13.9.